The number of thiophene rings is 1. The normalized spacial score (nSPS) is 12.3. The SMILES string of the molecule is CN(C(=O)OC(C)(C)C)S(=O)(=O)c1ccc(Br)s1. The maximum Gasteiger partial charge on any atom is 0.424 e. The number of ether oxygens (including phenoxy) is 1. The van der Waals surface area contributed by atoms with Crippen LogP contribution in [0.1, 0.15) is 20.8 Å². The number of hydrogen-bond acceptors (Lipinski definition) is 5. The van der Waals surface area contributed by atoms with E-state index in [1.807, 2.05) is 0 Å². The van der Waals surface area contributed by atoms with Gasteiger partial charge in [-0.25, -0.2) is 9.10 Å². The molecule has 1 rings (SSSR count). The van der Waals surface area contributed by atoms with Gasteiger partial charge in [0.15, 0.2) is 0 Å². The van der Waals surface area contributed by atoms with Crippen molar-refractivity contribution < 1.29 is 17.9 Å². The molecular weight excluding hydrogens is 342 g/mol. The minimum absolute atomic E-state index is 0.0859. The Bertz CT molecular complexity index is 544. The van der Waals surface area contributed by atoms with E-state index in [0.29, 0.717) is 8.09 Å². The van der Waals surface area contributed by atoms with Gasteiger partial charge in [0, 0.05) is 7.05 Å². The van der Waals surface area contributed by atoms with Crippen LogP contribution in [0.25, 0.3) is 0 Å². The van der Waals surface area contributed by atoms with Crippen LogP contribution < -0.4 is 0 Å². The Morgan fingerprint density at radius 3 is 2.33 bits per heavy atom. The van der Waals surface area contributed by atoms with Gasteiger partial charge in [0.25, 0.3) is 10.0 Å². The molecule has 102 valence electrons. The Kier molecular flexibility index (Phi) is 4.45. The Labute approximate surface area is 119 Å². The molecule has 0 aromatic carbocycles. The molecule has 0 saturated heterocycles. The van der Waals surface area contributed by atoms with Crippen molar-refractivity contribution in [2.75, 3.05) is 7.05 Å². The Morgan fingerprint density at radius 2 is 1.94 bits per heavy atom. The molecule has 0 radical (unpaired) electrons. The van der Waals surface area contributed by atoms with E-state index in [4.69, 9.17) is 4.74 Å². The van der Waals surface area contributed by atoms with Crippen LogP contribution in [0.4, 0.5) is 4.79 Å². The minimum atomic E-state index is -3.84. The standard InChI is InChI=1S/C10H14BrNO4S2/c1-10(2,3)16-9(13)12(4)18(14,15)8-6-5-7(11)17-8/h5-6H,1-4H3. The van der Waals surface area contributed by atoms with E-state index in [1.165, 1.54) is 13.1 Å². The lowest BCUT2D eigenvalue weighted by molar-refractivity contribution is 0.0421. The highest BCUT2D eigenvalue weighted by atomic mass is 79.9. The fraction of sp³-hybridized carbons (Fsp3) is 0.500. The molecule has 0 spiro atoms. The number of sulfonamides is 1. The summed E-state index contributed by atoms with van der Waals surface area (Å²) in [6.45, 7) is 5.02. The molecule has 0 N–H and O–H groups in total. The van der Waals surface area contributed by atoms with Gasteiger partial charge >= 0.3 is 6.09 Å². The summed E-state index contributed by atoms with van der Waals surface area (Å²) >= 11 is 4.22. The van der Waals surface area contributed by atoms with Crippen LogP contribution in [0.3, 0.4) is 0 Å². The first-order valence-electron chi connectivity index (χ1n) is 5.01. The average molecular weight is 356 g/mol. The summed E-state index contributed by atoms with van der Waals surface area (Å²) in [6, 6.07) is 3.05. The number of hydrogen-bond donors (Lipinski definition) is 0. The molecule has 0 saturated carbocycles. The molecule has 1 amide bonds. The molecule has 0 bridgehead atoms. The van der Waals surface area contributed by atoms with Gasteiger partial charge in [-0.1, -0.05) is 0 Å². The van der Waals surface area contributed by atoms with Gasteiger partial charge in [0.05, 0.1) is 3.79 Å². The maximum absolute atomic E-state index is 12.1. The largest absolute Gasteiger partial charge is 0.443 e. The summed E-state index contributed by atoms with van der Waals surface area (Å²) < 4.78 is 30.6. The van der Waals surface area contributed by atoms with Gasteiger partial charge in [-0.3, -0.25) is 0 Å². The summed E-state index contributed by atoms with van der Waals surface area (Å²) in [5.41, 5.74) is -0.739. The third-order valence-electron chi connectivity index (χ3n) is 1.81. The number of carbonyl (C=O) groups is 1. The third kappa shape index (κ3) is 3.69. The maximum atomic E-state index is 12.1. The molecule has 0 aliphatic carbocycles. The van der Waals surface area contributed by atoms with E-state index < -0.39 is 21.7 Å². The zero-order valence-electron chi connectivity index (χ0n) is 10.4. The molecule has 1 heterocycles. The quantitative estimate of drug-likeness (QED) is 0.817. The first-order valence-corrected chi connectivity index (χ1v) is 8.06. The number of nitrogens with zero attached hydrogens (tertiary/aromatic N) is 1. The smallest absolute Gasteiger partial charge is 0.424 e. The van der Waals surface area contributed by atoms with Gasteiger partial charge in [0.2, 0.25) is 0 Å². The summed E-state index contributed by atoms with van der Waals surface area (Å²) in [7, 11) is -2.66. The zero-order valence-corrected chi connectivity index (χ0v) is 13.6. The highest BCUT2D eigenvalue weighted by Crippen LogP contribution is 2.28. The number of halogens is 1. The number of carbonyl (C=O) groups excluding carboxylic acids is 1. The molecule has 18 heavy (non-hydrogen) atoms. The Morgan fingerprint density at radius 1 is 1.39 bits per heavy atom. The van der Waals surface area contributed by atoms with Crippen LogP contribution in [0, 0.1) is 0 Å². The molecule has 0 unspecified atom stereocenters. The molecule has 8 heteroatoms. The summed E-state index contributed by atoms with van der Waals surface area (Å²) in [4.78, 5) is 11.7. The van der Waals surface area contributed by atoms with Crippen LogP contribution in [-0.2, 0) is 14.8 Å². The van der Waals surface area contributed by atoms with Gasteiger partial charge in [-0.05, 0) is 48.8 Å². The molecule has 0 atom stereocenters. The Balaban J connectivity index is 2.96. The van der Waals surface area contributed by atoms with Crippen molar-refractivity contribution in [2.24, 2.45) is 0 Å². The molecule has 0 aliphatic heterocycles. The van der Waals surface area contributed by atoms with Crippen LogP contribution in [0.5, 0.6) is 0 Å². The van der Waals surface area contributed by atoms with Gasteiger partial charge in [-0.2, -0.15) is 8.42 Å². The first kappa shape index (κ1) is 15.5. The second kappa shape index (κ2) is 5.18. The van der Waals surface area contributed by atoms with Gasteiger partial charge in [-0.15, -0.1) is 11.3 Å². The van der Waals surface area contributed by atoms with Crippen molar-refractivity contribution in [3.8, 4) is 0 Å². The zero-order chi connectivity index (χ0) is 14.1. The predicted molar refractivity (Wildman–Crippen MR) is 73.2 cm³/mol. The van der Waals surface area contributed by atoms with E-state index in [-0.39, 0.29) is 4.21 Å². The van der Waals surface area contributed by atoms with Crippen molar-refractivity contribution >= 4 is 43.4 Å². The van der Waals surface area contributed by atoms with Crippen molar-refractivity contribution in [3.63, 3.8) is 0 Å². The fourth-order valence-electron chi connectivity index (χ4n) is 0.996. The Hall–Kier alpha value is -0.600. The van der Waals surface area contributed by atoms with Crippen LogP contribution in [-0.4, -0.2) is 31.5 Å². The third-order valence-corrected chi connectivity index (χ3v) is 5.63. The summed E-state index contributed by atoms with van der Waals surface area (Å²) in [6.07, 6.45) is -0.896. The van der Waals surface area contributed by atoms with E-state index in [0.717, 1.165) is 11.3 Å². The van der Waals surface area contributed by atoms with Crippen molar-refractivity contribution in [1.82, 2.24) is 4.31 Å². The lowest BCUT2D eigenvalue weighted by Crippen LogP contribution is -2.37. The highest BCUT2D eigenvalue weighted by Gasteiger charge is 2.30. The van der Waals surface area contributed by atoms with Crippen molar-refractivity contribution in [3.05, 3.63) is 15.9 Å². The molecule has 1 aromatic heterocycles. The molecule has 5 nitrogen and oxygen atoms in total. The first-order chi connectivity index (χ1) is 8.04. The second-order valence-electron chi connectivity index (χ2n) is 4.51. The molecule has 0 aliphatic rings. The molecular formula is C10H14BrNO4S2. The van der Waals surface area contributed by atoms with Crippen molar-refractivity contribution in [1.29, 1.82) is 0 Å². The predicted octanol–water partition coefficient (Wildman–Crippen LogP) is 3.07. The highest BCUT2D eigenvalue weighted by molar-refractivity contribution is 9.11. The van der Waals surface area contributed by atoms with E-state index in [9.17, 15) is 13.2 Å². The van der Waals surface area contributed by atoms with Gasteiger partial charge in [0.1, 0.15) is 9.81 Å². The molecule has 0 fully saturated rings. The average Bonchev–Trinajstić information content (AvgIpc) is 2.61. The van der Waals surface area contributed by atoms with Crippen molar-refractivity contribution in [2.45, 2.75) is 30.6 Å². The molecule has 1 aromatic rings. The summed E-state index contributed by atoms with van der Waals surface area (Å²) in [5.74, 6) is 0. The minimum Gasteiger partial charge on any atom is -0.443 e. The number of amides is 1. The fourth-order valence-corrected chi connectivity index (χ4v) is 4.21. The van der Waals surface area contributed by atoms with Crippen LogP contribution in [0.15, 0.2) is 20.1 Å². The van der Waals surface area contributed by atoms with E-state index in [1.54, 1.807) is 26.8 Å². The van der Waals surface area contributed by atoms with E-state index >= 15 is 0 Å². The number of rotatable bonds is 2. The van der Waals surface area contributed by atoms with Crippen LogP contribution >= 0.6 is 27.3 Å². The second-order valence-corrected chi connectivity index (χ2v) is 9.17. The lowest BCUT2D eigenvalue weighted by Gasteiger charge is -2.23. The van der Waals surface area contributed by atoms with Gasteiger partial charge < -0.3 is 4.74 Å². The van der Waals surface area contributed by atoms with Crippen LogP contribution in [0.2, 0.25) is 0 Å². The lowest BCUT2D eigenvalue weighted by atomic mass is 10.2. The monoisotopic (exact) mass is 355 g/mol. The van der Waals surface area contributed by atoms with E-state index in [2.05, 4.69) is 15.9 Å². The summed E-state index contributed by atoms with van der Waals surface area (Å²) in [5, 5.41) is 0. The topological polar surface area (TPSA) is 63.7 Å².